The van der Waals surface area contributed by atoms with Crippen LogP contribution in [0, 0.1) is 5.92 Å². The van der Waals surface area contributed by atoms with Gasteiger partial charge in [-0.3, -0.25) is 4.79 Å². The average Bonchev–Trinajstić information content (AvgIpc) is 2.69. The van der Waals surface area contributed by atoms with Crippen molar-refractivity contribution in [2.45, 2.75) is 13.3 Å². The van der Waals surface area contributed by atoms with E-state index in [0.717, 1.165) is 0 Å². The number of methoxy groups -OCH3 is 1. The van der Waals surface area contributed by atoms with Gasteiger partial charge in [-0.2, -0.15) is 5.10 Å². The minimum Gasteiger partial charge on any atom is -0.481 e. The molecule has 0 aliphatic carbocycles. The van der Waals surface area contributed by atoms with Crippen LogP contribution in [0.5, 0.6) is 5.88 Å². The predicted molar refractivity (Wildman–Crippen MR) is 65.6 cm³/mol. The smallest absolute Gasteiger partial charge is 0.236 e. The van der Waals surface area contributed by atoms with Crippen molar-refractivity contribution >= 4 is 17.6 Å². The molecule has 100 valence electrons. The van der Waals surface area contributed by atoms with Gasteiger partial charge in [-0.1, -0.05) is 12.1 Å². The molecule has 0 aromatic carbocycles. The van der Waals surface area contributed by atoms with Gasteiger partial charge in [0.25, 0.3) is 0 Å². The average molecular weight is 255 g/mol. The number of oxime groups is 1. The van der Waals surface area contributed by atoms with Crippen molar-refractivity contribution < 1.29 is 14.7 Å². The molecule has 0 fully saturated rings. The van der Waals surface area contributed by atoms with E-state index < -0.39 is 5.92 Å². The molecular formula is C10H17N5O3. The minimum absolute atomic E-state index is 0.127. The van der Waals surface area contributed by atoms with Crippen molar-refractivity contribution in [2.75, 3.05) is 12.4 Å². The topological polar surface area (TPSA) is 115 Å². The standard InChI is InChI=1S/C10H17N5O3/c1-4-6(9(11)14-17)10(16)12-7-5-8(18-3)15(2)13-7/h5-6,17H,4H2,1-3H3,(H2,11,14)(H,12,13,16). The van der Waals surface area contributed by atoms with E-state index in [9.17, 15) is 4.79 Å². The lowest BCUT2D eigenvalue weighted by molar-refractivity contribution is -0.118. The highest BCUT2D eigenvalue weighted by molar-refractivity contribution is 6.07. The summed E-state index contributed by atoms with van der Waals surface area (Å²) in [4.78, 5) is 11.9. The number of aryl methyl sites for hydroxylation is 1. The molecule has 0 bridgehead atoms. The summed E-state index contributed by atoms with van der Waals surface area (Å²) in [5.74, 6) is -0.333. The van der Waals surface area contributed by atoms with E-state index in [2.05, 4.69) is 15.6 Å². The van der Waals surface area contributed by atoms with Crippen LogP contribution in [0.25, 0.3) is 0 Å². The van der Waals surface area contributed by atoms with Crippen LogP contribution in [-0.2, 0) is 11.8 Å². The third-order valence-electron chi connectivity index (χ3n) is 2.49. The van der Waals surface area contributed by atoms with Crippen molar-refractivity contribution in [2.24, 2.45) is 23.9 Å². The second-order valence-electron chi connectivity index (χ2n) is 3.67. The quantitative estimate of drug-likeness (QED) is 0.299. The summed E-state index contributed by atoms with van der Waals surface area (Å²) < 4.78 is 6.51. The molecule has 1 rings (SSSR count). The number of hydrogen-bond donors (Lipinski definition) is 3. The SMILES string of the molecule is CCC(C(=O)Nc1cc(OC)n(C)n1)/C(N)=N/O. The van der Waals surface area contributed by atoms with Crippen LogP contribution in [0.15, 0.2) is 11.2 Å². The highest BCUT2D eigenvalue weighted by Gasteiger charge is 2.22. The van der Waals surface area contributed by atoms with Crippen LogP contribution in [0.3, 0.4) is 0 Å². The third kappa shape index (κ3) is 2.90. The number of ether oxygens (including phenoxy) is 1. The van der Waals surface area contributed by atoms with Crippen molar-refractivity contribution in [1.82, 2.24) is 9.78 Å². The summed E-state index contributed by atoms with van der Waals surface area (Å²) in [6.45, 7) is 1.77. The van der Waals surface area contributed by atoms with E-state index >= 15 is 0 Å². The molecule has 0 aliphatic rings. The van der Waals surface area contributed by atoms with Crippen molar-refractivity contribution in [3.8, 4) is 5.88 Å². The molecule has 1 atom stereocenters. The molecule has 8 heteroatoms. The maximum absolute atomic E-state index is 11.9. The maximum Gasteiger partial charge on any atom is 0.236 e. The fourth-order valence-corrected chi connectivity index (χ4v) is 1.51. The number of aromatic nitrogens is 2. The van der Waals surface area contributed by atoms with Gasteiger partial charge < -0.3 is 21.0 Å². The summed E-state index contributed by atoms with van der Waals surface area (Å²) in [6, 6.07) is 1.58. The van der Waals surface area contributed by atoms with Crippen LogP contribution < -0.4 is 15.8 Å². The number of carbonyl (C=O) groups is 1. The second-order valence-corrected chi connectivity index (χ2v) is 3.67. The number of nitrogens with one attached hydrogen (secondary N) is 1. The van der Waals surface area contributed by atoms with E-state index in [-0.39, 0.29) is 11.7 Å². The molecule has 1 unspecified atom stereocenters. The second kappa shape index (κ2) is 5.89. The first-order valence-electron chi connectivity index (χ1n) is 5.39. The Kier molecular flexibility index (Phi) is 4.52. The molecule has 1 aromatic rings. The van der Waals surface area contributed by atoms with Gasteiger partial charge in [0.05, 0.1) is 13.0 Å². The third-order valence-corrected chi connectivity index (χ3v) is 2.49. The molecule has 1 heterocycles. The number of rotatable bonds is 5. The van der Waals surface area contributed by atoms with Crippen LogP contribution in [-0.4, -0.2) is 33.8 Å². The molecule has 0 radical (unpaired) electrons. The number of hydrogen-bond acceptors (Lipinski definition) is 5. The van der Waals surface area contributed by atoms with E-state index in [1.54, 1.807) is 20.0 Å². The summed E-state index contributed by atoms with van der Waals surface area (Å²) in [7, 11) is 3.20. The monoisotopic (exact) mass is 255 g/mol. The number of anilines is 1. The zero-order valence-electron chi connectivity index (χ0n) is 10.5. The summed E-state index contributed by atoms with van der Waals surface area (Å²) in [6.07, 6.45) is 0.422. The highest BCUT2D eigenvalue weighted by atomic mass is 16.5. The molecule has 8 nitrogen and oxygen atoms in total. The van der Waals surface area contributed by atoms with Gasteiger partial charge in [0, 0.05) is 13.1 Å². The molecule has 0 spiro atoms. The van der Waals surface area contributed by atoms with E-state index in [1.165, 1.54) is 11.8 Å². The number of nitrogens with zero attached hydrogens (tertiary/aromatic N) is 3. The number of carbonyl (C=O) groups excluding carboxylic acids is 1. The Morgan fingerprint density at radius 1 is 1.78 bits per heavy atom. The Bertz CT molecular complexity index is 454. The summed E-state index contributed by atoms with van der Waals surface area (Å²) >= 11 is 0. The molecule has 1 amide bonds. The lowest BCUT2D eigenvalue weighted by Crippen LogP contribution is -2.34. The van der Waals surface area contributed by atoms with Gasteiger partial charge >= 0.3 is 0 Å². The van der Waals surface area contributed by atoms with Crippen molar-refractivity contribution in [1.29, 1.82) is 0 Å². The maximum atomic E-state index is 11.9. The molecule has 0 aliphatic heterocycles. The van der Waals surface area contributed by atoms with Crippen molar-refractivity contribution in [3.05, 3.63) is 6.07 Å². The Labute approximate surface area is 104 Å². The van der Waals surface area contributed by atoms with Gasteiger partial charge in [0.1, 0.15) is 0 Å². The first kappa shape index (κ1) is 13.8. The van der Waals surface area contributed by atoms with Crippen LogP contribution in [0.1, 0.15) is 13.3 Å². The van der Waals surface area contributed by atoms with Gasteiger partial charge in [-0.25, -0.2) is 4.68 Å². The van der Waals surface area contributed by atoms with Crippen LogP contribution in [0.2, 0.25) is 0 Å². The summed E-state index contributed by atoms with van der Waals surface area (Å²) in [5.41, 5.74) is 5.43. The number of nitrogens with two attached hydrogens (primary N) is 1. The lowest BCUT2D eigenvalue weighted by Gasteiger charge is -2.11. The Morgan fingerprint density at radius 3 is 2.89 bits per heavy atom. The lowest BCUT2D eigenvalue weighted by atomic mass is 10.1. The normalized spacial score (nSPS) is 13.2. The molecule has 1 aromatic heterocycles. The fraction of sp³-hybridized carbons (Fsp3) is 0.500. The van der Waals surface area contributed by atoms with Crippen molar-refractivity contribution in [3.63, 3.8) is 0 Å². The van der Waals surface area contributed by atoms with E-state index in [0.29, 0.717) is 18.1 Å². The van der Waals surface area contributed by atoms with E-state index in [1.807, 2.05) is 0 Å². The van der Waals surface area contributed by atoms with Crippen LogP contribution in [0.4, 0.5) is 5.82 Å². The van der Waals surface area contributed by atoms with Gasteiger partial charge in [0.2, 0.25) is 11.8 Å². The van der Waals surface area contributed by atoms with Gasteiger partial charge in [-0.05, 0) is 6.42 Å². The molecule has 18 heavy (non-hydrogen) atoms. The zero-order chi connectivity index (χ0) is 13.7. The Morgan fingerprint density at radius 2 is 2.44 bits per heavy atom. The van der Waals surface area contributed by atoms with Crippen LogP contribution >= 0.6 is 0 Å². The Hall–Kier alpha value is -2.25. The minimum atomic E-state index is -0.692. The molecule has 0 saturated carbocycles. The zero-order valence-corrected chi connectivity index (χ0v) is 10.5. The molecule has 0 saturated heterocycles. The number of amidine groups is 1. The molecule has 4 N–H and O–H groups in total. The summed E-state index contributed by atoms with van der Waals surface area (Å²) in [5, 5.41) is 18.0. The highest BCUT2D eigenvalue weighted by Crippen LogP contribution is 2.16. The first-order valence-corrected chi connectivity index (χ1v) is 5.39. The predicted octanol–water partition coefficient (Wildman–Crippen LogP) is 0.140. The fourth-order valence-electron chi connectivity index (χ4n) is 1.51. The number of amides is 1. The molecular weight excluding hydrogens is 238 g/mol. The largest absolute Gasteiger partial charge is 0.481 e. The first-order chi connectivity index (χ1) is 8.53. The Balaban J connectivity index is 2.79. The van der Waals surface area contributed by atoms with Gasteiger partial charge in [0.15, 0.2) is 11.7 Å². The van der Waals surface area contributed by atoms with E-state index in [4.69, 9.17) is 15.7 Å². The van der Waals surface area contributed by atoms with Gasteiger partial charge in [-0.15, -0.1) is 0 Å².